The summed E-state index contributed by atoms with van der Waals surface area (Å²) in [6.07, 6.45) is 1.61. The topological polar surface area (TPSA) is 76.6 Å². The third-order valence-electron chi connectivity index (χ3n) is 6.20. The fourth-order valence-corrected chi connectivity index (χ4v) is 4.43. The first-order valence-electron chi connectivity index (χ1n) is 11.1. The Labute approximate surface area is 192 Å². The van der Waals surface area contributed by atoms with E-state index in [1.807, 2.05) is 49.2 Å². The van der Waals surface area contributed by atoms with Crippen LogP contribution in [0.2, 0.25) is 0 Å². The minimum absolute atomic E-state index is 0.00963. The van der Waals surface area contributed by atoms with Gasteiger partial charge in [0, 0.05) is 39.8 Å². The number of benzene rings is 1. The molecule has 0 aliphatic carbocycles. The summed E-state index contributed by atoms with van der Waals surface area (Å²) in [6, 6.07) is 13.6. The Bertz CT molecular complexity index is 1270. The van der Waals surface area contributed by atoms with Gasteiger partial charge in [0.25, 0.3) is 5.91 Å². The van der Waals surface area contributed by atoms with Crippen LogP contribution >= 0.6 is 0 Å². The molecule has 5 rings (SSSR count). The maximum absolute atomic E-state index is 13.6. The molecule has 1 aromatic carbocycles. The molecule has 1 aliphatic rings. The van der Waals surface area contributed by atoms with E-state index in [4.69, 9.17) is 14.1 Å². The van der Waals surface area contributed by atoms with Crippen LogP contribution in [0.4, 0.5) is 0 Å². The Morgan fingerprint density at radius 1 is 1.12 bits per heavy atom. The van der Waals surface area contributed by atoms with Gasteiger partial charge in [0.1, 0.15) is 11.4 Å². The average Bonchev–Trinajstić information content (AvgIpc) is 3.48. The van der Waals surface area contributed by atoms with Crippen LogP contribution in [0.15, 0.2) is 53.1 Å². The lowest BCUT2D eigenvalue weighted by Gasteiger charge is -2.35. The number of furan rings is 1. The molecule has 0 atom stereocenters. The minimum Gasteiger partial charge on any atom is -0.497 e. The lowest BCUT2D eigenvalue weighted by molar-refractivity contribution is 0.0630. The Balaban J connectivity index is 1.36. The third-order valence-corrected chi connectivity index (χ3v) is 6.20. The molecule has 170 valence electrons. The van der Waals surface area contributed by atoms with E-state index in [-0.39, 0.29) is 5.91 Å². The van der Waals surface area contributed by atoms with Crippen LogP contribution in [-0.2, 0) is 13.6 Å². The Hall–Kier alpha value is -3.65. The minimum atomic E-state index is 0.00963. The van der Waals surface area contributed by atoms with Gasteiger partial charge in [-0.15, -0.1) is 0 Å². The number of hydrogen-bond acceptors (Lipinski definition) is 6. The van der Waals surface area contributed by atoms with Crippen molar-refractivity contribution in [2.75, 3.05) is 33.3 Å². The molecule has 8 nitrogen and oxygen atoms in total. The van der Waals surface area contributed by atoms with Crippen molar-refractivity contribution in [3.63, 3.8) is 0 Å². The molecule has 0 spiro atoms. The Morgan fingerprint density at radius 3 is 2.55 bits per heavy atom. The number of fused-ring (bicyclic) bond motifs is 1. The number of aryl methyl sites for hydroxylation is 2. The number of methoxy groups -OCH3 is 1. The predicted molar refractivity (Wildman–Crippen MR) is 125 cm³/mol. The highest BCUT2D eigenvalue weighted by Gasteiger charge is 2.26. The SMILES string of the molecule is COc1ccc(CN2CCN(C(=O)c3cc(-c4ccco4)nc4c3c(C)nn4C)CC2)cc1. The normalized spacial score (nSPS) is 14.7. The van der Waals surface area contributed by atoms with Gasteiger partial charge in [-0.1, -0.05) is 12.1 Å². The predicted octanol–water partition coefficient (Wildman–Crippen LogP) is 3.50. The molecule has 0 unspecified atom stereocenters. The molecular formula is C25H27N5O3. The molecule has 8 heteroatoms. The average molecular weight is 446 g/mol. The van der Waals surface area contributed by atoms with E-state index in [9.17, 15) is 4.79 Å². The third kappa shape index (κ3) is 4.09. The largest absolute Gasteiger partial charge is 0.497 e. The van der Waals surface area contributed by atoms with Crippen LogP contribution in [0.1, 0.15) is 21.6 Å². The molecule has 1 amide bonds. The number of hydrogen-bond donors (Lipinski definition) is 0. The standard InChI is InChI=1S/C25H27N5O3/c1-17-23-20(15-21(22-5-4-14-33-22)26-24(23)28(2)27-17)25(31)30-12-10-29(11-13-30)16-18-6-8-19(32-3)9-7-18/h4-9,14-15H,10-13,16H2,1-3H3. The molecule has 1 fully saturated rings. The summed E-state index contributed by atoms with van der Waals surface area (Å²) in [5, 5.41) is 5.31. The molecular weight excluding hydrogens is 418 g/mol. The highest BCUT2D eigenvalue weighted by Crippen LogP contribution is 2.28. The van der Waals surface area contributed by atoms with Crippen LogP contribution in [0.3, 0.4) is 0 Å². The van der Waals surface area contributed by atoms with Crippen molar-refractivity contribution in [2.24, 2.45) is 7.05 Å². The molecule has 0 radical (unpaired) electrons. The van der Waals surface area contributed by atoms with Crippen molar-refractivity contribution >= 4 is 16.9 Å². The van der Waals surface area contributed by atoms with Gasteiger partial charge in [0.15, 0.2) is 11.4 Å². The molecule has 0 saturated carbocycles. The molecule has 4 heterocycles. The van der Waals surface area contributed by atoms with E-state index in [0.29, 0.717) is 35.8 Å². The number of carbonyl (C=O) groups excluding carboxylic acids is 1. The number of amides is 1. The fraction of sp³-hybridized carbons (Fsp3) is 0.320. The van der Waals surface area contributed by atoms with Gasteiger partial charge in [-0.2, -0.15) is 5.10 Å². The second-order valence-electron chi connectivity index (χ2n) is 8.36. The molecule has 4 aromatic rings. The van der Waals surface area contributed by atoms with Crippen LogP contribution in [0.25, 0.3) is 22.5 Å². The number of nitrogens with zero attached hydrogens (tertiary/aromatic N) is 5. The van der Waals surface area contributed by atoms with E-state index in [0.717, 1.165) is 36.5 Å². The first kappa shape index (κ1) is 21.2. The summed E-state index contributed by atoms with van der Waals surface area (Å²) in [5.41, 5.74) is 3.98. The number of pyridine rings is 1. The number of piperazine rings is 1. The zero-order valence-corrected chi connectivity index (χ0v) is 19.1. The number of aromatic nitrogens is 3. The van der Waals surface area contributed by atoms with Gasteiger partial charge < -0.3 is 14.1 Å². The second-order valence-corrected chi connectivity index (χ2v) is 8.36. The molecule has 0 N–H and O–H groups in total. The maximum Gasteiger partial charge on any atom is 0.254 e. The van der Waals surface area contributed by atoms with Gasteiger partial charge >= 0.3 is 0 Å². The van der Waals surface area contributed by atoms with E-state index in [1.165, 1.54) is 5.56 Å². The Kier molecular flexibility index (Phi) is 5.60. The molecule has 0 bridgehead atoms. The summed E-state index contributed by atoms with van der Waals surface area (Å²) in [4.78, 5) is 22.6. The second kappa shape index (κ2) is 8.71. The number of carbonyl (C=O) groups is 1. The molecule has 1 aliphatic heterocycles. The van der Waals surface area contributed by atoms with Crippen LogP contribution in [0, 0.1) is 6.92 Å². The first-order valence-corrected chi connectivity index (χ1v) is 11.1. The van der Waals surface area contributed by atoms with Crippen LogP contribution in [-0.4, -0.2) is 63.8 Å². The number of rotatable bonds is 5. The van der Waals surface area contributed by atoms with Crippen molar-refractivity contribution in [3.8, 4) is 17.2 Å². The lowest BCUT2D eigenvalue weighted by Crippen LogP contribution is -2.48. The zero-order chi connectivity index (χ0) is 22.9. The van der Waals surface area contributed by atoms with Crippen LogP contribution < -0.4 is 4.74 Å². The van der Waals surface area contributed by atoms with E-state index in [1.54, 1.807) is 18.1 Å². The van der Waals surface area contributed by atoms with Gasteiger partial charge in [-0.3, -0.25) is 14.4 Å². The summed E-state index contributed by atoms with van der Waals surface area (Å²) >= 11 is 0. The van der Waals surface area contributed by atoms with Crippen molar-refractivity contribution in [2.45, 2.75) is 13.5 Å². The summed E-state index contributed by atoms with van der Waals surface area (Å²) < 4.78 is 12.5. The fourth-order valence-electron chi connectivity index (χ4n) is 4.43. The number of ether oxygens (including phenoxy) is 1. The monoisotopic (exact) mass is 445 g/mol. The van der Waals surface area contributed by atoms with Crippen molar-refractivity contribution in [1.29, 1.82) is 0 Å². The zero-order valence-electron chi connectivity index (χ0n) is 19.1. The van der Waals surface area contributed by atoms with E-state index in [2.05, 4.69) is 22.1 Å². The molecule has 1 saturated heterocycles. The Morgan fingerprint density at radius 2 is 1.88 bits per heavy atom. The molecule has 33 heavy (non-hydrogen) atoms. The van der Waals surface area contributed by atoms with Crippen LogP contribution in [0.5, 0.6) is 5.75 Å². The quantitative estimate of drug-likeness (QED) is 0.468. The highest BCUT2D eigenvalue weighted by atomic mass is 16.5. The van der Waals surface area contributed by atoms with Crippen molar-refractivity contribution < 1.29 is 13.9 Å². The van der Waals surface area contributed by atoms with Crippen molar-refractivity contribution in [1.82, 2.24) is 24.6 Å². The highest BCUT2D eigenvalue weighted by molar-refractivity contribution is 6.07. The van der Waals surface area contributed by atoms with Gasteiger partial charge in [-0.05, 0) is 42.8 Å². The summed E-state index contributed by atoms with van der Waals surface area (Å²) in [6.45, 7) is 5.77. The van der Waals surface area contributed by atoms with Crippen molar-refractivity contribution in [3.05, 3.63) is 65.5 Å². The summed E-state index contributed by atoms with van der Waals surface area (Å²) in [7, 11) is 3.52. The van der Waals surface area contributed by atoms with E-state index < -0.39 is 0 Å². The van der Waals surface area contributed by atoms with Gasteiger partial charge in [-0.25, -0.2) is 4.98 Å². The smallest absolute Gasteiger partial charge is 0.254 e. The first-order chi connectivity index (χ1) is 16.0. The lowest BCUT2D eigenvalue weighted by atomic mass is 10.1. The maximum atomic E-state index is 13.6. The summed E-state index contributed by atoms with van der Waals surface area (Å²) in [5.74, 6) is 1.50. The molecule has 3 aromatic heterocycles. The van der Waals surface area contributed by atoms with Gasteiger partial charge in [0.2, 0.25) is 0 Å². The van der Waals surface area contributed by atoms with Gasteiger partial charge in [0.05, 0.1) is 30.0 Å². The van der Waals surface area contributed by atoms with E-state index >= 15 is 0 Å².